The largest absolute Gasteiger partial charge is 0.434 e. The van der Waals surface area contributed by atoms with E-state index < -0.39 is 15.7 Å². The maximum absolute atomic E-state index is 10.7. The molecule has 72 valence electrons. The van der Waals surface area contributed by atoms with E-state index in [2.05, 4.69) is 4.98 Å². The number of aryl methyl sites for hydroxylation is 1. The van der Waals surface area contributed by atoms with Crippen molar-refractivity contribution in [3.8, 4) is 0 Å². The molecule has 0 aliphatic heterocycles. The van der Waals surface area contributed by atoms with Gasteiger partial charge in [-0.05, 0) is 4.92 Å². The molecule has 7 heteroatoms. The zero-order valence-electron chi connectivity index (χ0n) is 7.04. The highest BCUT2D eigenvalue weighted by Gasteiger charge is 2.13. The molecule has 1 aromatic heterocycles. The summed E-state index contributed by atoms with van der Waals surface area (Å²) >= 11 is 0. The number of rotatable bonds is 4. The first-order chi connectivity index (χ1) is 6.11. The van der Waals surface area contributed by atoms with E-state index in [-0.39, 0.29) is 5.95 Å². The zero-order chi connectivity index (χ0) is 9.84. The second kappa shape index (κ2) is 4.13. The molecule has 0 aliphatic carbocycles. The molecule has 0 spiro atoms. The van der Waals surface area contributed by atoms with Gasteiger partial charge in [0.15, 0.2) is 0 Å². The van der Waals surface area contributed by atoms with E-state index in [1.807, 2.05) is 0 Å². The average molecular weight is 203 g/mol. The summed E-state index contributed by atoms with van der Waals surface area (Å²) < 4.78 is 12.1. The molecule has 0 radical (unpaired) electrons. The smallest absolute Gasteiger partial charge is 0.390 e. The van der Waals surface area contributed by atoms with E-state index in [0.717, 1.165) is 0 Å². The van der Waals surface area contributed by atoms with Gasteiger partial charge in [-0.1, -0.05) is 4.98 Å². The Morgan fingerprint density at radius 2 is 2.46 bits per heavy atom. The summed E-state index contributed by atoms with van der Waals surface area (Å²) in [4.78, 5) is 13.4. The Kier molecular flexibility index (Phi) is 3.13. The topological polar surface area (TPSA) is 78.0 Å². The van der Waals surface area contributed by atoms with Crippen LogP contribution in [0.2, 0.25) is 0 Å². The van der Waals surface area contributed by atoms with Gasteiger partial charge in [-0.15, -0.1) is 0 Å². The molecule has 0 saturated heterocycles. The Labute approximate surface area is 77.2 Å². The van der Waals surface area contributed by atoms with Crippen LogP contribution in [0.3, 0.4) is 0 Å². The number of aromatic nitrogens is 2. The summed E-state index contributed by atoms with van der Waals surface area (Å²) in [7, 11) is -0.943. The number of imidazole rings is 1. The third kappa shape index (κ3) is 2.62. The van der Waals surface area contributed by atoms with Gasteiger partial charge in [-0.25, -0.2) is 4.57 Å². The predicted octanol–water partition coefficient (Wildman–Crippen LogP) is 0.170. The lowest BCUT2D eigenvalue weighted by Gasteiger charge is -1.98. The molecule has 0 aliphatic rings. The van der Waals surface area contributed by atoms with E-state index in [1.54, 1.807) is 6.26 Å². The predicted molar refractivity (Wildman–Crippen MR) is 47.8 cm³/mol. The van der Waals surface area contributed by atoms with Crippen LogP contribution in [0, 0.1) is 10.1 Å². The first kappa shape index (κ1) is 9.85. The van der Waals surface area contributed by atoms with Crippen molar-refractivity contribution in [3.05, 3.63) is 22.5 Å². The van der Waals surface area contributed by atoms with E-state index >= 15 is 0 Å². The van der Waals surface area contributed by atoms with Gasteiger partial charge >= 0.3 is 5.95 Å². The highest BCUT2D eigenvalue weighted by atomic mass is 32.2. The Balaban J connectivity index is 2.71. The minimum Gasteiger partial charge on any atom is -0.390 e. The quantitative estimate of drug-likeness (QED) is 0.516. The number of nitro groups is 1. The Bertz CT molecular complexity index is 336. The Hall–Kier alpha value is -1.24. The van der Waals surface area contributed by atoms with Gasteiger partial charge in [0.1, 0.15) is 12.4 Å². The van der Waals surface area contributed by atoms with Crippen molar-refractivity contribution < 1.29 is 9.13 Å². The van der Waals surface area contributed by atoms with Gasteiger partial charge in [0.05, 0.1) is 12.3 Å². The molecule has 0 amide bonds. The molecule has 13 heavy (non-hydrogen) atoms. The fourth-order valence-corrected chi connectivity index (χ4v) is 1.33. The van der Waals surface area contributed by atoms with Crippen molar-refractivity contribution in [1.29, 1.82) is 0 Å². The average Bonchev–Trinajstić information content (AvgIpc) is 2.47. The van der Waals surface area contributed by atoms with Crippen LogP contribution in [0.5, 0.6) is 0 Å². The molecule has 1 unspecified atom stereocenters. The van der Waals surface area contributed by atoms with Gasteiger partial charge in [0, 0.05) is 17.1 Å². The second-order valence-electron chi connectivity index (χ2n) is 2.46. The number of hydrogen-bond donors (Lipinski definition) is 0. The molecule has 0 saturated carbocycles. The molecule has 0 aromatic carbocycles. The van der Waals surface area contributed by atoms with Crippen molar-refractivity contribution in [3.63, 3.8) is 0 Å². The highest BCUT2D eigenvalue weighted by molar-refractivity contribution is 7.84. The lowest BCUT2D eigenvalue weighted by molar-refractivity contribution is -0.396. The third-order valence-corrected chi connectivity index (χ3v) is 2.23. The second-order valence-corrected chi connectivity index (χ2v) is 4.01. The van der Waals surface area contributed by atoms with Gasteiger partial charge in [0.2, 0.25) is 0 Å². The summed E-state index contributed by atoms with van der Waals surface area (Å²) in [5, 5.41) is 10.4. The number of nitrogens with zero attached hydrogens (tertiary/aromatic N) is 3. The van der Waals surface area contributed by atoms with Gasteiger partial charge < -0.3 is 10.1 Å². The molecule has 0 fully saturated rings. The molecule has 0 N–H and O–H groups in total. The first-order valence-corrected chi connectivity index (χ1v) is 5.29. The minimum absolute atomic E-state index is 0.203. The Morgan fingerprint density at radius 1 is 1.77 bits per heavy atom. The summed E-state index contributed by atoms with van der Waals surface area (Å²) in [6.45, 7) is 0.361. The van der Waals surface area contributed by atoms with Crippen molar-refractivity contribution in [1.82, 2.24) is 9.55 Å². The van der Waals surface area contributed by atoms with Crippen LogP contribution >= 0.6 is 0 Å². The van der Waals surface area contributed by atoms with Crippen molar-refractivity contribution >= 4 is 16.7 Å². The Morgan fingerprint density at radius 3 is 3.00 bits per heavy atom. The SMILES string of the molecule is CS(=O)CCn1ccnc1[N+](=O)[O-]. The molecule has 1 atom stereocenters. The molecule has 1 rings (SSSR count). The van der Waals surface area contributed by atoms with Gasteiger partial charge in [-0.3, -0.25) is 4.21 Å². The molecule has 1 aromatic rings. The summed E-state index contributed by atoms with van der Waals surface area (Å²) in [6, 6.07) is 0. The lowest BCUT2D eigenvalue weighted by Crippen LogP contribution is -2.08. The standard InChI is InChI=1S/C6H9N3O3S/c1-13(12)5-4-8-3-2-7-6(8)9(10)11/h2-3H,4-5H2,1H3. The van der Waals surface area contributed by atoms with Crippen LogP contribution in [-0.4, -0.2) is 30.7 Å². The highest BCUT2D eigenvalue weighted by Crippen LogP contribution is 2.06. The van der Waals surface area contributed by atoms with E-state index in [4.69, 9.17) is 0 Å². The van der Waals surface area contributed by atoms with Crippen molar-refractivity contribution in [2.75, 3.05) is 12.0 Å². The normalized spacial score (nSPS) is 12.7. The fraction of sp³-hybridized carbons (Fsp3) is 0.500. The van der Waals surface area contributed by atoms with E-state index in [0.29, 0.717) is 12.3 Å². The minimum atomic E-state index is -0.943. The molecule has 0 bridgehead atoms. The molecule has 1 heterocycles. The zero-order valence-corrected chi connectivity index (χ0v) is 7.86. The van der Waals surface area contributed by atoms with E-state index in [9.17, 15) is 14.3 Å². The molecular formula is C6H9N3O3S. The van der Waals surface area contributed by atoms with Crippen LogP contribution < -0.4 is 0 Å². The van der Waals surface area contributed by atoms with Crippen LogP contribution in [-0.2, 0) is 17.3 Å². The fourth-order valence-electron chi connectivity index (χ4n) is 0.875. The molecular weight excluding hydrogens is 194 g/mol. The third-order valence-electron chi connectivity index (χ3n) is 1.48. The van der Waals surface area contributed by atoms with Gasteiger partial charge in [0.25, 0.3) is 0 Å². The van der Waals surface area contributed by atoms with E-state index in [1.165, 1.54) is 17.0 Å². The van der Waals surface area contributed by atoms with Crippen molar-refractivity contribution in [2.45, 2.75) is 6.54 Å². The maximum atomic E-state index is 10.7. The maximum Gasteiger partial charge on any atom is 0.434 e. The van der Waals surface area contributed by atoms with Crippen LogP contribution in [0.15, 0.2) is 12.4 Å². The summed E-state index contributed by atoms with van der Waals surface area (Å²) in [5.74, 6) is 0.197. The van der Waals surface area contributed by atoms with Crippen LogP contribution in [0.25, 0.3) is 0 Å². The van der Waals surface area contributed by atoms with Crippen LogP contribution in [0.4, 0.5) is 5.95 Å². The monoisotopic (exact) mass is 203 g/mol. The first-order valence-electron chi connectivity index (χ1n) is 3.57. The summed E-state index contributed by atoms with van der Waals surface area (Å²) in [5.41, 5.74) is 0. The molecule has 6 nitrogen and oxygen atoms in total. The van der Waals surface area contributed by atoms with Crippen molar-refractivity contribution in [2.24, 2.45) is 0 Å². The lowest BCUT2D eigenvalue weighted by atomic mass is 10.7. The van der Waals surface area contributed by atoms with Crippen LogP contribution in [0.1, 0.15) is 0 Å². The summed E-state index contributed by atoms with van der Waals surface area (Å²) in [6.07, 6.45) is 4.42. The number of hydrogen-bond acceptors (Lipinski definition) is 4. The van der Waals surface area contributed by atoms with Gasteiger partial charge in [-0.2, -0.15) is 0 Å².